The number of piperazine rings is 1. The molecule has 0 bridgehead atoms. The maximum atomic E-state index is 5.49. The van der Waals surface area contributed by atoms with Crippen LogP contribution in [0.5, 0.6) is 5.75 Å². The van der Waals surface area contributed by atoms with Crippen LogP contribution in [0.25, 0.3) is 0 Å². The first kappa shape index (κ1) is 19.7. The molecule has 0 saturated carbocycles. The van der Waals surface area contributed by atoms with Crippen molar-refractivity contribution in [3.05, 3.63) is 35.7 Å². The van der Waals surface area contributed by atoms with Crippen molar-refractivity contribution in [2.24, 2.45) is 0 Å². The highest BCUT2D eigenvalue weighted by atomic mass is 16.5. The standard InChI is InChI=1S/C19H30N6O2/c1-4-17(19-20-21-22-25(19)13-14-26-2)24-11-9-23(10-12-24)15-16-7-5-6-8-18(16)27-3/h5-8,17H,4,9-15H2,1-3H3/t17-/m1/s1. The zero-order valence-corrected chi connectivity index (χ0v) is 16.5. The molecule has 1 aliphatic rings. The quantitative estimate of drug-likeness (QED) is 0.660. The van der Waals surface area contributed by atoms with E-state index in [4.69, 9.17) is 9.47 Å². The first-order chi connectivity index (χ1) is 13.3. The molecule has 0 unspecified atom stereocenters. The second kappa shape index (κ2) is 9.77. The Kier molecular flexibility index (Phi) is 7.14. The van der Waals surface area contributed by atoms with Gasteiger partial charge in [-0.05, 0) is 22.9 Å². The fraction of sp³-hybridized carbons (Fsp3) is 0.632. The lowest BCUT2D eigenvalue weighted by Crippen LogP contribution is -2.47. The number of rotatable bonds is 9. The van der Waals surface area contributed by atoms with Crippen LogP contribution in [0.15, 0.2) is 24.3 Å². The molecule has 148 valence electrons. The summed E-state index contributed by atoms with van der Waals surface area (Å²) >= 11 is 0. The summed E-state index contributed by atoms with van der Waals surface area (Å²) in [6, 6.07) is 8.49. The zero-order chi connectivity index (χ0) is 19.1. The van der Waals surface area contributed by atoms with Crippen LogP contribution in [0, 0.1) is 0 Å². The normalized spacial score (nSPS) is 17.1. The van der Waals surface area contributed by atoms with Gasteiger partial charge in [0, 0.05) is 45.4 Å². The number of hydrogen-bond acceptors (Lipinski definition) is 7. The smallest absolute Gasteiger partial charge is 0.168 e. The molecule has 3 rings (SSSR count). The van der Waals surface area contributed by atoms with E-state index in [-0.39, 0.29) is 6.04 Å². The molecule has 0 radical (unpaired) electrons. The Hall–Kier alpha value is -2.03. The van der Waals surface area contributed by atoms with Crippen LogP contribution in [0.3, 0.4) is 0 Å². The Labute approximate surface area is 161 Å². The molecule has 1 saturated heterocycles. The Morgan fingerprint density at radius 3 is 2.59 bits per heavy atom. The SMILES string of the molecule is CC[C@H](c1nnnn1CCOC)N1CCN(Cc2ccccc2OC)CC1. The minimum absolute atomic E-state index is 0.241. The number of nitrogens with zero attached hydrogens (tertiary/aromatic N) is 6. The highest BCUT2D eigenvalue weighted by Crippen LogP contribution is 2.25. The van der Waals surface area contributed by atoms with E-state index in [1.54, 1.807) is 14.2 Å². The molecule has 1 atom stereocenters. The number of para-hydroxylation sites is 1. The van der Waals surface area contributed by atoms with Crippen molar-refractivity contribution in [2.75, 3.05) is 47.0 Å². The van der Waals surface area contributed by atoms with Gasteiger partial charge in [0.05, 0.1) is 26.3 Å². The Balaban J connectivity index is 1.60. The molecule has 0 aliphatic carbocycles. The number of aromatic nitrogens is 4. The van der Waals surface area contributed by atoms with E-state index in [9.17, 15) is 0 Å². The minimum atomic E-state index is 0.241. The maximum Gasteiger partial charge on any atom is 0.168 e. The van der Waals surface area contributed by atoms with Crippen molar-refractivity contribution in [2.45, 2.75) is 32.5 Å². The first-order valence-electron chi connectivity index (χ1n) is 9.60. The Bertz CT molecular complexity index is 699. The van der Waals surface area contributed by atoms with Gasteiger partial charge >= 0.3 is 0 Å². The van der Waals surface area contributed by atoms with Crippen LogP contribution in [0.4, 0.5) is 0 Å². The average molecular weight is 374 g/mol. The highest BCUT2D eigenvalue weighted by molar-refractivity contribution is 5.33. The summed E-state index contributed by atoms with van der Waals surface area (Å²) in [5.41, 5.74) is 1.24. The lowest BCUT2D eigenvalue weighted by Gasteiger charge is -2.38. The minimum Gasteiger partial charge on any atom is -0.496 e. The monoisotopic (exact) mass is 374 g/mol. The molecule has 2 aromatic rings. The zero-order valence-electron chi connectivity index (χ0n) is 16.5. The van der Waals surface area contributed by atoms with Crippen molar-refractivity contribution < 1.29 is 9.47 Å². The third-order valence-electron chi connectivity index (χ3n) is 5.19. The van der Waals surface area contributed by atoms with Crippen LogP contribution >= 0.6 is 0 Å². The maximum absolute atomic E-state index is 5.49. The molecule has 1 aliphatic heterocycles. The summed E-state index contributed by atoms with van der Waals surface area (Å²) in [7, 11) is 3.43. The van der Waals surface area contributed by atoms with E-state index in [0.29, 0.717) is 13.2 Å². The lowest BCUT2D eigenvalue weighted by molar-refractivity contribution is 0.0826. The molecule has 0 amide bonds. The number of benzene rings is 1. The van der Waals surface area contributed by atoms with Gasteiger partial charge in [-0.25, -0.2) is 4.68 Å². The summed E-state index contributed by atoms with van der Waals surface area (Å²) in [6.45, 7) is 8.46. The van der Waals surface area contributed by atoms with Crippen molar-refractivity contribution in [3.63, 3.8) is 0 Å². The van der Waals surface area contributed by atoms with Crippen LogP contribution in [-0.4, -0.2) is 77.0 Å². The Morgan fingerprint density at radius 2 is 1.89 bits per heavy atom. The summed E-state index contributed by atoms with van der Waals surface area (Å²) in [4.78, 5) is 4.97. The second-order valence-electron chi connectivity index (χ2n) is 6.80. The van der Waals surface area contributed by atoms with Crippen molar-refractivity contribution >= 4 is 0 Å². The third kappa shape index (κ3) is 4.82. The van der Waals surface area contributed by atoms with E-state index in [0.717, 1.165) is 50.7 Å². The summed E-state index contributed by atoms with van der Waals surface area (Å²) in [5, 5.41) is 12.3. The summed E-state index contributed by atoms with van der Waals surface area (Å²) < 4.78 is 12.5. The second-order valence-corrected chi connectivity index (χ2v) is 6.80. The van der Waals surface area contributed by atoms with Gasteiger partial charge in [0.2, 0.25) is 0 Å². The molecular formula is C19H30N6O2. The van der Waals surface area contributed by atoms with Gasteiger partial charge in [0.1, 0.15) is 5.75 Å². The number of hydrogen-bond donors (Lipinski definition) is 0. The Morgan fingerprint density at radius 1 is 1.11 bits per heavy atom. The van der Waals surface area contributed by atoms with Gasteiger partial charge in [-0.1, -0.05) is 25.1 Å². The number of ether oxygens (including phenoxy) is 2. The molecule has 8 heteroatoms. The summed E-state index contributed by atoms with van der Waals surface area (Å²) in [6.07, 6.45) is 0.986. The highest BCUT2D eigenvalue weighted by Gasteiger charge is 2.28. The fourth-order valence-electron chi connectivity index (χ4n) is 3.70. The molecular weight excluding hydrogens is 344 g/mol. The van der Waals surface area contributed by atoms with E-state index >= 15 is 0 Å². The average Bonchev–Trinajstić information content (AvgIpc) is 3.17. The van der Waals surface area contributed by atoms with Gasteiger partial charge in [-0.15, -0.1) is 5.10 Å². The van der Waals surface area contributed by atoms with Crippen molar-refractivity contribution in [1.82, 2.24) is 30.0 Å². The molecule has 0 spiro atoms. The van der Waals surface area contributed by atoms with E-state index < -0.39 is 0 Å². The predicted octanol–water partition coefficient (Wildman–Crippen LogP) is 1.60. The fourth-order valence-corrected chi connectivity index (χ4v) is 3.70. The molecule has 1 fully saturated rings. The summed E-state index contributed by atoms with van der Waals surface area (Å²) in [5.74, 6) is 1.90. The molecule has 1 aromatic heterocycles. The topological polar surface area (TPSA) is 68.5 Å². The molecule has 1 aromatic carbocycles. The predicted molar refractivity (Wildman–Crippen MR) is 103 cm³/mol. The third-order valence-corrected chi connectivity index (χ3v) is 5.19. The molecule has 8 nitrogen and oxygen atoms in total. The number of tetrazole rings is 1. The van der Waals surface area contributed by atoms with Gasteiger partial charge in [0.25, 0.3) is 0 Å². The van der Waals surface area contributed by atoms with Crippen molar-refractivity contribution in [3.8, 4) is 5.75 Å². The van der Waals surface area contributed by atoms with Gasteiger partial charge in [-0.2, -0.15) is 0 Å². The van der Waals surface area contributed by atoms with Gasteiger partial charge < -0.3 is 9.47 Å². The van der Waals surface area contributed by atoms with E-state index in [1.165, 1.54) is 5.56 Å². The molecule has 27 heavy (non-hydrogen) atoms. The van der Waals surface area contributed by atoms with Crippen LogP contribution < -0.4 is 4.74 Å². The molecule has 2 heterocycles. The van der Waals surface area contributed by atoms with Crippen LogP contribution in [-0.2, 0) is 17.8 Å². The van der Waals surface area contributed by atoms with Crippen LogP contribution in [0.2, 0.25) is 0 Å². The van der Waals surface area contributed by atoms with Crippen molar-refractivity contribution in [1.29, 1.82) is 0 Å². The first-order valence-corrected chi connectivity index (χ1v) is 9.60. The van der Waals surface area contributed by atoms with E-state index in [1.807, 2.05) is 16.8 Å². The largest absolute Gasteiger partial charge is 0.496 e. The van der Waals surface area contributed by atoms with Gasteiger partial charge in [-0.3, -0.25) is 9.80 Å². The molecule has 0 N–H and O–H groups in total. The van der Waals surface area contributed by atoms with E-state index in [2.05, 4.69) is 44.4 Å². The van der Waals surface area contributed by atoms with Crippen LogP contribution in [0.1, 0.15) is 30.8 Å². The van der Waals surface area contributed by atoms with Gasteiger partial charge in [0.15, 0.2) is 5.82 Å². The number of methoxy groups -OCH3 is 2. The lowest BCUT2D eigenvalue weighted by atomic mass is 10.1.